The maximum absolute atomic E-state index is 12.8. The van der Waals surface area contributed by atoms with Crippen LogP contribution in [0.15, 0.2) is 12.5 Å². The van der Waals surface area contributed by atoms with Gasteiger partial charge in [-0.2, -0.15) is 5.10 Å². The number of nitrogens with zero attached hydrogens (tertiary/aromatic N) is 4. The molecule has 132 valence electrons. The van der Waals surface area contributed by atoms with E-state index in [2.05, 4.69) is 25.1 Å². The highest BCUT2D eigenvalue weighted by Gasteiger charge is 2.49. The van der Waals surface area contributed by atoms with Crippen molar-refractivity contribution in [3.05, 3.63) is 12.5 Å². The fraction of sp³-hybridized carbons (Fsp3) is 0.667. The summed E-state index contributed by atoms with van der Waals surface area (Å²) in [7, 11) is -1.63. The highest BCUT2D eigenvalue weighted by Crippen LogP contribution is 2.39. The lowest BCUT2D eigenvalue weighted by molar-refractivity contribution is 0.339. The molecule has 0 unspecified atom stereocenters. The summed E-state index contributed by atoms with van der Waals surface area (Å²) in [6, 6.07) is 0. The van der Waals surface area contributed by atoms with Crippen LogP contribution in [0.5, 0.6) is 0 Å². The van der Waals surface area contributed by atoms with Crippen LogP contribution in [-0.4, -0.2) is 45.0 Å². The lowest BCUT2D eigenvalue weighted by atomic mass is 9.84. The molecule has 1 fully saturated rings. The Morgan fingerprint density at radius 1 is 1.29 bits per heavy atom. The summed E-state index contributed by atoms with van der Waals surface area (Å²) < 4.78 is 29.4. The van der Waals surface area contributed by atoms with Gasteiger partial charge >= 0.3 is 0 Å². The molecule has 24 heavy (non-hydrogen) atoms. The molecule has 1 aliphatic rings. The molecule has 2 heterocycles. The zero-order valence-electron chi connectivity index (χ0n) is 14.5. The molecule has 0 saturated heterocycles. The van der Waals surface area contributed by atoms with E-state index in [1.807, 2.05) is 27.8 Å². The van der Waals surface area contributed by atoms with Crippen LogP contribution in [0.4, 0.5) is 5.82 Å². The molecule has 1 saturated carbocycles. The molecule has 0 aliphatic heterocycles. The number of anilines is 1. The van der Waals surface area contributed by atoms with E-state index < -0.39 is 20.3 Å². The van der Waals surface area contributed by atoms with Crippen LogP contribution in [0.25, 0.3) is 11.0 Å². The minimum Gasteiger partial charge on any atom is -0.368 e. The van der Waals surface area contributed by atoms with Gasteiger partial charge < -0.3 is 5.32 Å². The molecule has 0 spiro atoms. The van der Waals surface area contributed by atoms with Gasteiger partial charge in [0.15, 0.2) is 5.65 Å². The van der Waals surface area contributed by atoms with Gasteiger partial charge in [0, 0.05) is 19.1 Å². The quantitative estimate of drug-likeness (QED) is 0.844. The lowest BCUT2D eigenvalue weighted by Crippen LogP contribution is -2.58. The summed E-state index contributed by atoms with van der Waals surface area (Å²) in [4.78, 5) is 8.44. The molecule has 3 rings (SSSR count). The van der Waals surface area contributed by atoms with E-state index in [-0.39, 0.29) is 0 Å². The molecule has 2 aromatic heterocycles. The normalized spacial score (nSPS) is 17.7. The Morgan fingerprint density at radius 3 is 2.58 bits per heavy atom. The van der Waals surface area contributed by atoms with Gasteiger partial charge in [0.25, 0.3) is 0 Å². The summed E-state index contributed by atoms with van der Waals surface area (Å²) in [5.74, 6) is 0.616. The van der Waals surface area contributed by atoms with Crippen LogP contribution >= 0.6 is 0 Å². The second-order valence-electron chi connectivity index (χ2n) is 7.47. The first-order valence-electron chi connectivity index (χ1n) is 8.04. The molecular weight excluding hydrogens is 328 g/mol. The van der Waals surface area contributed by atoms with Crippen LogP contribution < -0.4 is 10.0 Å². The minimum atomic E-state index is -3.44. The maximum Gasteiger partial charge on any atom is 0.219 e. The SMILES string of the molecule is Cn1ncc2c(NCC3(S(=O)(=O)NC(C)(C)C)CCC3)ncnc21. The third kappa shape index (κ3) is 2.98. The number of hydrogen-bond donors (Lipinski definition) is 2. The predicted octanol–water partition coefficient (Wildman–Crippen LogP) is 1.42. The monoisotopic (exact) mass is 352 g/mol. The highest BCUT2D eigenvalue weighted by molar-refractivity contribution is 7.91. The van der Waals surface area contributed by atoms with Crippen molar-refractivity contribution in [2.24, 2.45) is 7.05 Å². The maximum atomic E-state index is 12.8. The summed E-state index contributed by atoms with van der Waals surface area (Å²) in [6.45, 7) is 5.88. The average molecular weight is 352 g/mol. The van der Waals surface area contributed by atoms with E-state index in [4.69, 9.17) is 0 Å². The van der Waals surface area contributed by atoms with Crippen LogP contribution in [0.1, 0.15) is 40.0 Å². The molecule has 0 amide bonds. The highest BCUT2D eigenvalue weighted by atomic mass is 32.2. The second-order valence-corrected chi connectivity index (χ2v) is 9.55. The smallest absolute Gasteiger partial charge is 0.219 e. The number of aromatic nitrogens is 4. The third-order valence-electron chi connectivity index (χ3n) is 4.38. The predicted molar refractivity (Wildman–Crippen MR) is 93.2 cm³/mol. The van der Waals surface area contributed by atoms with E-state index in [9.17, 15) is 8.42 Å². The van der Waals surface area contributed by atoms with Crippen molar-refractivity contribution in [3.8, 4) is 0 Å². The number of hydrogen-bond acceptors (Lipinski definition) is 6. The second kappa shape index (κ2) is 5.66. The number of fused-ring (bicyclic) bond motifs is 1. The summed E-state index contributed by atoms with van der Waals surface area (Å²) in [5, 5.41) is 8.18. The van der Waals surface area contributed by atoms with Gasteiger partial charge in [-0.1, -0.05) is 6.42 Å². The number of aryl methyl sites for hydroxylation is 1. The van der Waals surface area contributed by atoms with E-state index in [1.165, 1.54) is 6.33 Å². The Bertz CT molecular complexity index is 848. The Balaban J connectivity index is 1.83. The first-order valence-corrected chi connectivity index (χ1v) is 9.52. The van der Waals surface area contributed by atoms with Gasteiger partial charge in [0.05, 0.1) is 11.6 Å². The molecule has 2 aromatic rings. The Labute approximate surface area is 142 Å². The van der Waals surface area contributed by atoms with E-state index in [1.54, 1.807) is 10.9 Å². The topological polar surface area (TPSA) is 102 Å². The van der Waals surface area contributed by atoms with Gasteiger partial charge in [0.1, 0.15) is 16.9 Å². The fourth-order valence-electron chi connectivity index (χ4n) is 2.97. The first kappa shape index (κ1) is 17.1. The van der Waals surface area contributed by atoms with Crippen molar-refractivity contribution in [2.45, 2.75) is 50.3 Å². The van der Waals surface area contributed by atoms with Gasteiger partial charge in [-0.25, -0.2) is 23.1 Å². The summed E-state index contributed by atoms with van der Waals surface area (Å²) in [5.41, 5.74) is 0.221. The molecular formula is C15H24N6O2S. The standard InChI is InChI=1S/C15H24N6O2S/c1-14(2,3)20-24(22,23)15(6-5-7-15)9-16-12-11-8-19-21(4)13(11)18-10-17-12/h8,10,20H,5-7,9H2,1-4H3,(H,16,17,18). The van der Waals surface area contributed by atoms with E-state index in [0.717, 1.165) is 11.8 Å². The van der Waals surface area contributed by atoms with Crippen molar-refractivity contribution < 1.29 is 8.42 Å². The lowest BCUT2D eigenvalue weighted by Gasteiger charge is -2.42. The molecule has 0 atom stereocenters. The largest absolute Gasteiger partial charge is 0.368 e. The zero-order valence-corrected chi connectivity index (χ0v) is 15.3. The van der Waals surface area contributed by atoms with E-state index >= 15 is 0 Å². The molecule has 0 radical (unpaired) electrons. The van der Waals surface area contributed by atoms with Crippen molar-refractivity contribution in [2.75, 3.05) is 11.9 Å². The van der Waals surface area contributed by atoms with Crippen molar-refractivity contribution in [1.82, 2.24) is 24.5 Å². The van der Waals surface area contributed by atoms with Gasteiger partial charge in [-0.05, 0) is 33.6 Å². The Kier molecular flexibility index (Phi) is 4.03. The van der Waals surface area contributed by atoms with Crippen LogP contribution in [0.2, 0.25) is 0 Å². The molecule has 9 heteroatoms. The molecule has 0 bridgehead atoms. The molecule has 0 aromatic carbocycles. The minimum absolute atomic E-state index is 0.319. The average Bonchev–Trinajstić information content (AvgIpc) is 2.77. The van der Waals surface area contributed by atoms with Crippen molar-refractivity contribution in [1.29, 1.82) is 0 Å². The van der Waals surface area contributed by atoms with Crippen molar-refractivity contribution in [3.63, 3.8) is 0 Å². The van der Waals surface area contributed by atoms with Gasteiger partial charge in [0.2, 0.25) is 10.0 Å². The number of rotatable bonds is 5. The number of sulfonamides is 1. The fourth-order valence-corrected chi connectivity index (χ4v) is 5.08. The van der Waals surface area contributed by atoms with E-state index in [0.29, 0.717) is 30.9 Å². The van der Waals surface area contributed by atoms with Crippen molar-refractivity contribution >= 4 is 26.9 Å². The van der Waals surface area contributed by atoms with Crippen LogP contribution in [0.3, 0.4) is 0 Å². The Morgan fingerprint density at radius 2 is 2.00 bits per heavy atom. The third-order valence-corrected chi connectivity index (χ3v) is 6.96. The first-order chi connectivity index (χ1) is 11.1. The van der Waals surface area contributed by atoms with Crippen LogP contribution in [-0.2, 0) is 17.1 Å². The summed E-state index contributed by atoms with van der Waals surface area (Å²) in [6.07, 6.45) is 5.35. The Hall–Kier alpha value is -1.74. The zero-order chi connectivity index (χ0) is 17.6. The number of nitrogens with one attached hydrogen (secondary N) is 2. The molecule has 8 nitrogen and oxygen atoms in total. The molecule has 1 aliphatic carbocycles. The van der Waals surface area contributed by atoms with Gasteiger partial charge in [-0.15, -0.1) is 0 Å². The van der Waals surface area contributed by atoms with Crippen LogP contribution in [0, 0.1) is 0 Å². The molecule has 2 N–H and O–H groups in total. The van der Waals surface area contributed by atoms with Gasteiger partial charge in [-0.3, -0.25) is 4.68 Å². The summed E-state index contributed by atoms with van der Waals surface area (Å²) >= 11 is 0.